The minimum Gasteiger partial charge on any atom is -0.388 e. The fourth-order valence-electron chi connectivity index (χ4n) is 2.31. The monoisotopic (exact) mass is 405 g/mol. The third-order valence-corrected chi connectivity index (χ3v) is 4.24. The molecule has 0 saturated carbocycles. The lowest BCUT2D eigenvalue weighted by molar-refractivity contribution is 0.177. The SMILES string of the molecule is OC(Cc1ccc2ccccc2n1)c1cc(Br)cc(Br)c1. The largest absolute Gasteiger partial charge is 0.388 e. The highest BCUT2D eigenvalue weighted by molar-refractivity contribution is 9.11. The summed E-state index contributed by atoms with van der Waals surface area (Å²) in [4.78, 5) is 4.60. The molecule has 0 saturated heterocycles. The smallest absolute Gasteiger partial charge is 0.0846 e. The lowest BCUT2D eigenvalue weighted by atomic mass is 10.0. The Bertz CT molecular complexity index is 768. The molecule has 1 aromatic heterocycles. The van der Waals surface area contributed by atoms with Gasteiger partial charge in [0, 0.05) is 26.4 Å². The molecule has 0 fully saturated rings. The van der Waals surface area contributed by atoms with Crippen molar-refractivity contribution in [3.63, 3.8) is 0 Å². The van der Waals surface area contributed by atoms with Gasteiger partial charge in [0.1, 0.15) is 0 Å². The lowest BCUT2D eigenvalue weighted by Gasteiger charge is -2.12. The van der Waals surface area contributed by atoms with Crippen molar-refractivity contribution < 1.29 is 5.11 Å². The van der Waals surface area contributed by atoms with E-state index in [1.807, 2.05) is 54.6 Å². The predicted molar refractivity (Wildman–Crippen MR) is 92.2 cm³/mol. The summed E-state index contributed by atoms with van der Waals surface area (Å²) in [5, 5.41) is 11.5. The summed E-state index contributed by atoms with van der Waals surface area (Å²) in [6.45, 7) is 0. The van der Waals surface area contributed by atoms with Crippen molar-refractivity contribution in [2.75, 3.05) is 0 Å². The molecule has 0 radical (unpaired) electrons. The molecule has 2 aromatic carbocycles. The number of aliphatic hydroxyl groups excluding tert-OH is 1. The van der Waals surface area contributed by atoms with E-state index in [-0.39, 0.29) is 0 Å². The molecular formula is C17H13Br2NO. The number of aliphatic hydroxyl groups is 1. The molecule has 21 heavy (non-hydrogen) atoms. The van der Waals surface area contributed by atoms with Gasteiger partial charge in [0.05, 0.1) is 11.6 Å². The van der Waals surface area contributed by atoms with Crippen LogP contribution in [-0.4, -0.2) is 10.1 Å². The van der Waals surface area contributed by atoms with Crippen LogP contribution in [0.25, 0.3) is 10.9 Å². The molecule has 0 aliphatic heterocycles. The van der Waals surface area contributed by atoms with Crippen LogP contribution in [0.5, 0.6) is 0 Å². The molecule has 1 N–H and O–H groups in total. The lowest BCUT2D eigenvalue weighted by Crippen LogP contribution is -2.03. The Hall–Kier alpha value is -1.23. The Morgan fingerprint density at radius 3 is 2.43 bits per heavy atom. The molecule has 0 bridgehead atoms. The summed E-state index contributed by atoms with van der Waals surface area (Å²) >= 11 is 6.89. The molecule has 3 aromatic rings. The molecule has 3 rings (SSSR count). The highest BCUT2D eigenvalue weighted by Crippen LogP contribution is 2.26. The van der Waals surface area contributed by atoms with E-state index >= 15 is 0 Å². The Labute approximate surface area is 140 Å². The molecule has 0 aliphatic carbocycles. The van der Waals surface area contributed by atoms with Crippen LogP contribution < -0.4 is 0 Å². The third-order valence-electron chi connectivity index (χ3n) is 3.33. The molecule has 0 spiro atoms. The summed E-state index contributed by atoms with van der Waals surface area (Å²) in [7, 11) is 0. The zero-order valence-corrected chi connectivity index (χ0v) is 14.3. The fraction of sp³-hybridized carbons (Fsp3) is 0.118. The van der Waals surface area contributed by atoms with Crippen LogP contribution in [0.4, 0.5) is 0 Å². The van der Waals surface area contributed by atoms with Gasteiger partial charge in [-0.05, 0) is 35.9 Å². The van der Waals surface area contributed by atoms with Crippen molar-refractivity contribution in [2.24, 2.45) is 0 Å². The Balaban J connectivity index is 1.86. The third kappa shape index (κ3) is 3.51. The molecule has 1 atom stereocenters. The number of aromatic nitrogens is 1. The number of pyridine rings is 1. The molecule has 2 nitrogen and oxygen atoms in total. The summed E-state index contributed by atoms with van der Waals surface area (Å²) in [6, 6.07) is 17.8. The van der Waals surface area contributed by atoms with Gasteiger partial charge in [0.2, 0.25) is 0 Å². The first-order valence-electron chi connectivity index (χ1n) is 6.60. The number of fused-ring (bicyclic) bond motifs is 1. The molecular weight excluding hydrogens is 394 g/mol. The van der Waals surface area contributed by atoms with Gasteiger partial charge in [0.15, 0.2) is 0 Å². The highest BCUT2D eigenvalue weighted by Gasteiger charge is 2.11. The Morgan fingerprint density at radius 1 is 0.952 bits per heavy atom. The van der Waals surface area contributed by atoms with Crippen LogP contribution in [-0.2, 0) is 6.42 Å². The topological polar surface area (TPSA) is 33.1 Å². The number of benzene rings is 2. The first-order valence-corrected chi connectivity index (χ1v) is 8.19. The van der Waals surface area contributed by atoms with E-state index in [4.69, 9.17) is 0 Å². The van der Waals surface area contributed by atoms with E-state index in [2.05, 4.69) is 36.8 Å². The van der Waals surface area contributed by atoms with Gasteiger partial charge in [0.25, 0.3) is 0 Å². The van der Waals surface area contributed by atoms with Gasteiger partial charge < -0.3 is 5.11 Å². The zero-order chi connectivity index (χ0) is 14.8. The van der Waals surface area contributed by atoms with E-state index in [0.717, 1.165) is 31.1 Å². The Morgan fingerprint density at radius 2 is 1.67 bits per heavy atom. The van der Waals surface area contributed by atoms with Gasteiger partial charge in [-0.15, -0.1) is 0 Å². The number of halogens is 2. The summed E-state index contributed by atoms with van der Waals surface area (Å²) in [6.07, 6.45) is -0.0826. The molecule has 0 aliphatic rings. The quantitative estimate of drug-likeness (QED) is 0.661. The average Bonchev–Trinajstić information content (AvgIpc) is 2.46. The van der Waals surface area contributed by atoms with E-state index in [9.17, 15) is 5.11 Å². The van der Waals surface area contributed by atoms with Crippen LogP contribution in [0, 0.1) is 0 Å². The maximum absolute atomic E-state index is 10.4. The van der Waals surface area contributed by atoms with Crippen LogP contribution in [0.1, 0.15) is 17.4 Å². The van der Waals surface area contributed by atoms with Crippen LogP contribution >= 0.6 is 31.9 Å². The van der Waals surface area contributed by atoms with E-state index in [1.54, 1.807) is 0 Å². The number of para-hydroxylation sites is 1. The maximum atomic E-state index is 10.4. The second-order valence-corrected chi connectivity index (χ2v) is 6.75. The summed E-state index contributed by atoms with van der Waals surface area (Å²) < 4.78 is 1.88. The average molecular weight is 407 g/mol. The standard InChI is InChI=1S/C17H13Br2NO/c18-13-7-12(8-14(19)9-13)17(21)10-15-6-5-11-3-1-2-4-16(11)20-15/h1-9,17,21H,10H2. The first-order chi connectivity index (χ1) is 10.1. The zero-order valence-electron chi connectivity index (χ0n) is 11.1. The normalized spacial score (nSPS) is 12.5. The minimum absolute atomic E-state index is 0.494. The molecule has 1 heterocycles. The van der Waals surface area contributed by atoms with Gasteiger partial charge in [-0.3, -0.25) is 4.98 Å². The van der Waals surface area contributed by atoms with Crippen LogP contribution in [0.3, 0.4) is 0 Å². The van der Waals surface area contributed by atoms with Gasteiger partial charge in [-0.1, -0.05) is 56.1 Å². The van der Waals surface area contributed by atoms with Gasteiger partial charge >= 0.3 is 0 Å². The van der Waals surface area contributed by atoms with Crippen molar-refractivity contribution >= 4 is 42.8 Å². The molecule has 4 heteroatoms. The van der Waals surface area contributed by atoms with Crippen molar-refractivity contribution in [1.29, 1.82) is 0 Å². The maximum Gasteiger partial charge on any atom is 0.0846 e. The number of hydrogen-bond acceptors (Lipinski definition) is 2. The van der Waals surface area contributed by atoms with Crippen molar-refractivity contribution in [2.45, 2.75) is 12.5 Å². The fourth-order valence-corrected chi connectivity index (χ4v) is 3.63. The number of hydrogen-bond donors (Lipinski definition) is 1. The van der Waals surface area contributed by atoms with E-state index in [0.29, 0.717) is 6.42 Å². The van der Waals surface area contributed by atoms with Gasteiger partial charge in [-0.2, -0.15) is 0 Å². The van der Waals surface area contributed by atoms with Crippen molar-refractivity contribution in [3.05, 3.63) is 74.8 Å². The first kappa shape index (κ1) is 14.7. The second kappa shape index (κ2) is 6.26. The molecule has 0 amide bonds. The molecule has 106 valence electrons. The highest BCUT2D eigenvalue weighted by atomic mass is 79.9. The predicted octanol–water partition coefficient (Wildman–Crippen LogP) is 5.04. The van der Waals surface area contributed by atoms with Crippen LogP contribution in [0.2, 0.25) is 0 Å². The van der Waals surface area contributed by atoms with Crippen LogP contribution in [0.15, 0.2) is 63.5 Å². The second-order valence-electron chi connectivity index (χ2n) is 4.92. The number of rotatable bonds is 3. The minimum atomic E-state index is -0.576. The molecule has 1 unspecified atom stereocenters. The van der Waals surface area contributed by atoms with E-state index < -0.39 is 6.10 Å². The Kier molecular flexibility index (Phi) is 4.38. The van der Waals surface area contributed by atoms with Gasteiger partial charge in [-0.25, -0.2) is 0 Å². The summed E-state index contributed by atoms with van der Waals surface area (Å²) in [5.41, 5.74) is 2.71. The van der Waals surface area contributed by atoms with Crippen molar-refractivity contribution in [1.82, 2.24) is 4.98 Å². The van der Waals surface area contributed by atoms with Crippen molar-refractivity contribution in [3.8, 4) is 0 Å². The number of nitrogens with zero attached hydrogens (tertiary/aromatic N) is 1. The van der Waals surface area contributed by atoms with E-state index in [1.165, 1.54) is 0 Å². The summed E-state index contributed by atoms with van der Waals surface area (Å²) in [5.74, 6) is 0.